The van der Waals surface area contributed by atoms with Crippen molar-refractivity contribution >= 4 is 11.0 Å². The Labute approximate surface area is 178 Å². The van der Waals surface area contributed by atoms with Crippen LogP contribution in [0.4, 0.5) is 0 Å². The summed E-state index contributed by atoms with van der Waals surface area (Å²) in [6.45, 7) is 7.48. The molecule has 0 amide bonds. The van der Waals surface area contributed by atoms with Gasteiger partial charge in [-0.15, -0.1) is 0 Å². The first-order chi connectivity index (χ1) is 14.7. The molecule has 3 aromatic rings. The Bertz CT molecular complexity index is 1000. The van der Waals surface area contributed by atoms with Gasteiger partial charge in [0.15, 0.2) is 0 Å². The average Bonchev–Trinajstić information content (AvgIpc) is 3.38. The Kier molecular flexibility index (Phi) is 5.42. The molecule has 0 atom stereocenters. The lowest BCUT2D eigenvalue weighted by molar-refractivity contribution is 0.0944. The van der Waals surface area contributed by atoms with E-state index in [9.17, 15) is 0 Å². The number of pyridine rings is 1. The van der Waals surface area contributed by atoms with Crippen molar-refractivity contribution in [3.8, 4) is 5.88 Å². The number of hydrogen-bond acceptors (Lipinski definition) is 5. The van der Waals surface area contributed by atoms with Crippen molar-refractivity contribution in [3.63, 3.8) is 0 Å². The molecule has 0 bridgehead atoms. The van der Waals surface area contributed by atoms with Crippen molar-refractivity contribution in [3.05, 3.63) is 47.7 Å². The lowest BCUT2D eigenvalue weighted by Gasteiger charge is -2.32. The van der Waals surface area contributed by atoms with E-state index in [1.807, 2.05) is 12.4 Å². The fraction of sp³-hybridized carbons (Fsp3) is 0.542. The summed E-state index contributed by atoms with van der Waals surface area (Å²) in [7, 11) is 0. The number of nitrogens with zero attached hydrogens (tertiary/aromatic N) is 5. The number of rotatable bonds is 5. The Balaban J connectivity index is 1.31. The fourth-order valence-corrected chi connectivity index (χ4v) is 5.18. The minimum absolute atomic E-state index is 0.214. The van der Waals surface area contributed by atoms with Crippen LogP contribution in [0.1, 0.15) is 61.4 Å². The maximum absolute atomic E-state index is 6.48. The van der Waals surface area contributed by atoms with Crippen molar-refractivity contribution in [1.29, 1.82) is 0 Å². The summed E-state index contributed by atoms with van der Waals surface area (Å²) in [5, 5.41) is 1.11. The van der Waals surface area contributed by atoms with Crippen molar-refractivity contribution < 1.29 is 4.74 Å². The van der Waals surface area contributed by atoms with Gasteiger partial charge < -0.3 is 9.30 Å². The molecule has 6 nitrogen and oxygen atoms in total. The molecule has 1 aliphatic heterocycles. The second-order valence-electron chi connectivity index (χ2n) is 8.84. The highest BCUT2D eigenvalue weighted by molar-refractivity contribution is 5.86. The van der Waals surface area contributed by atoms with Crippen LogP contribution in [0.5, 0.6) is 5.88 Å². The third-order valence-electron chi connectivity index (χ3n) is 6.96. The quantitative estimate of drug-likeness (QED) is 0.621. The predicted octanol–water partition coefficient (Wildman–Crippen LogP) is 4.60. The molecule has 3 aromatic heterocycles. The van der Waals surface area contributed by atoms with E-state index in [2.05, 4.69) is 50.4 Å². The van der Waals surface area contributed by atoms with E-state index in [4.69, 9.17) is 4.74 Å². The first-order valence-corrected chi connectivity index (χ1v) is 11.3. The van der Waals surface area contributed by atoms with Crippen LogP contribution in [0.3, 0.4) is 0 Å². The zero-order chi connectivity index (χ0) is 20.5. The second kappa shape index (κ2) is 8.34. The first-order valence-electron chi connectivity index (χ1n) is 11.3. The molecule has 30 heavy (non-hydrogen) atoms. The number of likely N-dealkylation sites (tertiary alicyclic amines) is 1. The van der Waals surface area contributed by atoms with Gasteiger partial charge in [-0.3, -0.25) is 9.88 Å². The largest absolute Gasteiger partial charge is 0.474 e. The van der Waals surface area contributed by atoms with E-state index < -0.39 is 0 Å². The van der Waals surface area contributed by atoms with Crippen LogP contribution >= 0.6 is 0 Å². The highest BCUT2D eigenvalue weighted by atomic mass is 16.5. The van der Waals surface area contributed by atoms with Gasteiger partial charge in [-0.1, -0.05) is 12.8 Å². The second-order valence-corrected chi connectivity index (χ2v) is 8.84. The molecule has 1 aliphatic carbocycles. The van der Waals surface area contributed by atoms with E-state index >= 15 is 0 Å². The fourth-order valence-electron chi connectivity index (χ4n) is 5.18. The van der Waals surface area contributed by atoms with E-state index in [0.29, 0.717) is 6.04 Å². The van der Waals surface area contributed by atoms with Crippen molar-refractivity contribution in [2.45, 2.75) is 71.1 Å². The van der Waals surface area contributed by atoms with Crippen molar-refractivity contribution in [1.82, 2.24) is 24.4 Å². The van der Waals surface area contributed by atoms with Gasteiger partial charge in [0.2, 0.25) is 5.88 Å². The third-order valence-corrected chi connectivity index (χ3v) is 6.96. The van der Waals surface area contributed by atoms with Gasteiger partial charge >= 0.3 is 0 Å². The summed E-state index contributed by atoms with van der Waals surface area (Å²) in [5.41, 5.74) is 4.95. The maximum Gasteiger partial charge on any atom is 0.226 e. The zero-order valence-corrected chi connectivity index (χ0v) is 18.0. The SMILES string of the molecule is Cc1c(C)n(C2CCCC2)c2ncnc(OC3CCN(Cc4ccncc4)CC3)c12. The number of aryl methyl sites for hydroxylation is 1. The molecule has 0 N–H and O–H groups in total. The van der Waals surface area contributed by atoms with Gasteiger partial charge in [0, 0.05) is 43.8 Å². The van der Waals surface area contributed by atoms with Crippen LogP contribution in [-0.4, -0.2) is 43.6 Å². The Morgan fingerprint density at radius 1 is 1.00 bits per heavy atom. The zero-order valence-electron chi connectivity index (χ0n) is 18.0. The van der Waals surface area contributed by atoms with Gasteiger partial charge in [0.05, 0.1) is 5.39 Å². The van der Waals surface area contributed by atoms with E-state index in [1.165, 1.54) is 42.5 Å². The van der Waals surface area contributed by atoms with Crippen LogP contribution in [0.2, 0.25) is 0 Å². The molecule has 0 unspecified atom stereocenters. The van der Waals surface area contributed by atoms with Gasteiger partial charge in [0.1, 0.15) is 18.1 Å². The molecule has 4 heterocycles. The molecule has 158 valence electrons. The van der Waals surface area contributed by atoms with E-state index in [-0.39, 0.29) is 6.10 Å². The Morgan fingerprint density at radius 3 is 2.47 bits per heavy atom. The van der Waals surface area contributed by atoms with E-state index in [1.54, 1.807) is 6.33 Å². The van der Waals surface area contributed by atoms with Crippen LogP contribution in [0.15, 0.2) is 30.9 Å². The standard InChI is InChI=1S/C24H31N5O/c1-17-18(2)29(20-5-3-4-6-20)23-22(17)24(27-16-26-23)30-21-9-13-28(14-10-21)15-19-7-11-25-12-8-19/h7-8,11-12,16,20-21H,3-6,9-10,13-15H2,1-2H3. The molecule has 2 fully saturated rings. The van der Waals surface area contributed by atoms with Gasteiger partial charge in [-0.05, 0) is 62.8 Å². The molecule has 6 heteroatoms. The molecule has 1 saturated heterocycles. The smallest absolute Gasteiger partial charge is 0.226 e. The summed E-state index contributed by atoms with van der Waals surface area (Å²) in [5.74, 6) is 0.768. The number of hydrogen-bond donors (Lipinski definition) is 0. The lowest BCUT2D eigenvalue weighted by atomic mass is 10.1. The summed E-state index contributed by atoms with van der Waals surface area (Å²) in [6.07, 6.45) is 12.8. The highest BCUT2D eigenvalue weighted by Crippen LogP contribution is 2.38. The molecule has 1 saturated carbocycles. The van der Waals surface area contributed by atoms with Crippen molar-refractivity contribution in [2.24, 2.45) is 0 Å². The minimum Gasteiger partial charge on any atom is -0.474 e. The average molecular weight is 406 g/mol. The molecule has 0 radical (unpaired) electrons. The highest BCUT2D eigenvalue weighted by Gasteiger charge is 2.27. The molecule has 0 aromatic carbocycles. The van der Waals surface area contributed by atoms with Crippen LogP contribution in [0, 0.1) is 13.8 Å². The first kappa shape index (κ1) is 19.5. The molecular weight excluding hydrogens is 374 g/mol. The van der Waals surface area contributed by atoms with Gasteiger partial charge in [-0.25, -0.2) is 9.97 Å². The topological polar surface area (TPSA) is 56.1 Å². The maximum atomic E-state index is 6.48. The Morgan fingerprint density at radius 2 is 1.73 bits per heavy atom. The minimum atomic E-state index is 0.214. The van der Waals surface area contributed by atoms with Gasteiger partial charge in [0.25, 0.3) is 0 Å². The summed E-state index contributed by atoms with van der Waals surface area (Å²) in [4.78, 5) is 15.8. The number of fused-ring (bicyclic) bond motifs is 1. The van der Waals surface area contributed by atoms with Crippen LogP contribution in [-0.2, 0) is 6.54 Å². The molecular formula is C24H31N5O. The lowest BCUT2D eigenvalue weighted by Crippen LogP contribution is -2.37. The van der Waals surface area contributed by atoms with Gasteiger partial charge in [-0.2, -0.15) is 0 Å². The molecule has 5 rings (SSSR count). The Hall–Kier alpha value is -2.47. The number of aromatic nitrogens is 4. The number of piperidine rings is 1. The van der Waals surface area contributed by atoms with Crippen LogP contribution < -0.4 is 4.74 Å². The predicted molar refractivity (Wildman–Crippen MR) is 118 cm³/mol. The summed E-state index contributed by atoms with van der Waals surface area (Å²) < 4.78 is 8.93. The van der Waals surface area contributed by atoms with E-state index in [0.717, 1.165) is 49.4 Å². The third kappa shape index (κ3) is 3.69. The summed E-state index contributed by atoms with van der Waals surface area (Å²) >= 11 is 0. The molecule has 0 spiro atoms. The van der Waals surface area contributed by atoms with Crippen molar-refractivity contribution in [2.75, 3.05) is 13.1 Å². The number of ether oxygens (including phenoxy) is 1. The molecule has 2 aliphatic rings. The van der Waals surface area contributed by atoms with Crippen LogP contribution in [0.25, 0.3) is 11.0 Å². The normalized spacial score (nSPS) is 19.0. The monoisotopic (exact) mass is 405 g/mol. The summed E-state index contributed by atoms with van der Waals surface area (Å²) in [6, 6.07) is 4.76.